The Balaban J connectivity index is 1.79. The minimum Gasteiger partial charge on any atom is -0.484 e. The van der Waals surface area contributed by atoms with Gasteiger partial charge in [-0.05, 0) is 50.3 Å². The van der Waals surface area contributed by atoms with Gasteiger partial charge in [-0.15, -0.1) is 11.3 Å². The molecule has 1 aromatic carbocycles. The molecule has 0 spiro atoms. The molecular formula is C25H33NO4S. The highest BCUT2D eigenvalue weighted by molar-refractivity contribution is 7.17. The lowest BCUT2D eigenvalue weighted by Crippen LogP contribution is -2.21. The van der Waals surface area contributed by atoms with Crippen LogP contribution in [0.15, 0.2) is 30.3 Å². The number of carbonyl (C=O) groups is 2. The Hall–Kier alpha value is -2.34. The molecule has 31 heavy (non-hydrogen) atoms. The molecule has 1 N–H and O–H groups in total. The summed E-state index contributed by atoms with van der Waals surface area (Å²) in [5, 5.41) is 3.53. The SMILES string of the molecule is CCOC(=O)c1c(NC(=O)COc2ccccc2)sc2c1CCCCCCCCCC2. The van der Waals surface area contributed by atoms with Gasteiger partial charge in [0.1, 0.15) is 10.8 Å². The minimum absolute atomic E-state index is 0.102. The van der Waals surface area contributed by atoms with Crippen molar-refractivity contribution in [1.82, 2.24) is 0 Å². The first-order valence-electron chi connectivity index (χ1n) is 11.5. The summed E-state index contributed by atoms with van der Waals surface area (Å²) in [7, 11) is 0. The summed E-state index contributed by atoms with van der Waals surface area (Å²) in [6.07, 6.45) is 11.5. The maximum absolute atomic E-state index is 12.8. The lowest BCUT2D eigenvalue weighted by Gasteiger charge is -2.11. The number of para-hydroxylation sites is 1. The largest absolute Gasteiger partial charge is 0.484 e. The molecule has 5 nitrogen and oxygen atoms in total. The molecule has 0 unspecified atom stereocenters. The van der Waals surface area contributed by atoms with Gasteiger partial charge in [-0.1, -0.05) is 56.7 Å². The molecular weight excluding hydrogens is 410 g/mol. The summed E-state index contributed by atoms with van der Waals surface area (Å²) in [5.74, 6) is 0.0272. The number of anilines is 1. The lowest BCUT2D eigenvalue weighted by atomic mass is 9.97. The third-order valence-corrected chi connectivity index (χ3v) is 6.72. The topological polar surface area (TPSA) is 64.6 Å². The van der Waals surface area contributed by atoms with Gasteiger partial charge in [0.05, 0.1) is 12.2 Å². The summed E-state index contributed by atoms with van der Waals surface area (Å²) >= 11 is 1.53. The van der Waals surface area contributed by atoms with E-state index in [2.05, 4.69) is 5.32 Å². The fraction of sp³-hybridized carbons (Fsp3) is 0.520. The van der Waals surface area contributed by atoms with E-state index in [0.717, 1.165) is 31.2 Å². The fourth-order valence-corrected chi connectivity index (χ4v) is 5.26. The molecule has 6 heteroatoms. The number of thiophene rings is 1. The van der Waals surface area contributed by atoms with Crippen LogP contribution in [0.1, 0.15) is 79.1 Å². The van der Waals surface area contributed by atoms with Gasteiger partial charge in [-0.3, -0.25) is 4.79 Å². The number of ether oxygens (including phenoxy) is 2. The Kier molecular flexibility index (Phi) is 9.40. The summed E-state index contributed by atoms with van der Waals surface area (Å²) in [4.78, 5) is 26.6. The maximum atomic E-state index is 12.8. The number of nitrogens with one attached hydrogen (secondary N) is 1. The minimum atomic E-state index is -0.341. The Bertz CT molecular complexity index is 847. The molecule has 0 atom stereocenters. The van der Waals surface area contributed by atoms with Crippen molar-refractivity contribution in [3.63, 3.8) is 0 Å². The van der Waals surface area contributed by atoms with E-state index in [1.54, 1.807) is 0 Å². The second kappa shape index (κ2) is 12.5. The molecule has 1 aliphatic carbocycles. The fourth-order valence-electron chi connectivity index (χ4n) is 3.96. The van der Waals surface area contributed by atoms with Crippen molar-refractivity contribution in [3.8, 4) is 5.75 Å². The number of rotatable bonds is 6. The molecule has 1 heterocycles. The van der Waals surface area contributed by atoms with Gasteiger partial charge in [0.2, 0.25) is 0 Å². The number of esters is 1. The molecule has 0 radical (unpaired) electrons. The number of amides is 1. The van der Waals surface area contributed by atoms with Gasteiger partial charge in [-0.2, -0.15) is 0 Å². The number of hydrogen-bond donors (Lipinski definition) is 1. The Morgan fingerprint density at radius 3 is 2.26 bits per heavy atom. The van der Waals surface area contributed by atoms with E-state index in [-0.39, 0.29) is 18.5 Å². The van der Waals surface area contributed by atoms with E-state index >= 15 is 0 Å². The Morgan fingerprint density at radius 1 is 0.935 bits per heavy atom. The lowest BCUT2D eigenvalue weighted by molar-refractivity contribution is -0.118. The van der Waals surface area contributed by atoms with Crippen LogP contribution in [0.4, 0.5) is 5.00 Å². The highest BCUT2D eigenvalue weighted by atomic mass is 32.1. The van der Waals surface area contributed by atoms with E-state index in [1.165, 1.54) is 54.7 Å². The van der Waals surface area contributed by atoms with E-state index in [0.29, 0.717) is 22.9 Å². The zero-order valence-electron chi connectivity index (χ0n) is 18.4. The molecule has 1 aromatic heterocycles. The van der Waals surface area contributed by atoms with Crippen molar-refractivity contribution in [2.45, 2.75) is 71.1 Å². The van der Waals surface area contributed by atoms with Gasteiger partial charge < -0.3 is 14.8 Å². The number of fused-ring (bicyclic) bond motifs is 1. The number of carbonyl (C=O) groups excluding carboxylic acids is 2. The molecule has 0 saturated carbocycles. The smallest absolute Gasteiger partial charge is 0.341 e. The van der Waals surface area contributed by atoms with Gasteiger partial charge in [0.25, 0.3) is 5.91 Å². The van der Waals surface area contributed by atoms with E-state index in [4.69, 9.17) is 9.47 Å². The van der Waals surface area contributed by atoms with Crippen LogP contribution in [0.2, 0.25) is 0 Å². The summed E-state index contributed by atoms with van der Waals surface area (Å²) < 4.78 is 10.9. The predicted molar refractivity (Wildman–Crippen MR) is 125 cm³/mol. The first-order valence-corrected chi connectivity index (χ1v) is 12.3. The third-order valence-electron chi connectivity index (χ3n) is 5.52. The molecule has 0 aliphatic heterocycles. The van der Waals surface area contributed by atoms with Crippen LogP contribution in [-0.4, -0.2) is 25.1 Å². The molecule has 3 rings (SSSR count). The second-order valence-corrected chi connectivity index (χ2v) is 9.01. The van der Waals surface area contributed by atoms with Crippen molar-refractivity contribution < 1.29 is 19.1 Å². The van der Waals surface area contributed by atoms with Gasteiger partial charge in [0, 0.05) is 4.88 Å². The van der Waals surface area contributed by atoms with Crippen LogP contribution in [0.25, 0.3) is 0 Å². The van der Waals surface area contributed by atoms with Gasteiger partial charge >= 0.3 is 5.97 Å². The van der Waals surface area contributed by atoms with Crippen LogP contribution >= 0.6 is 11.3 Å². The molecule has 1 amide bonds. The Morgan fingerprint density at radius 2 is 1.58 bits per heavy atom. The first-order chi connectivity index (χ1) is 15.2. The summed E-state index contributed by atoms with van der Waals surface area (Å²) in [6.45, 7) is 2.02. The quantitative estimate of drug-likeness (QED) is 0.543. The highest BCUT2D eigenvalue weighted by Crippen LogP contribution is 2.37. The van der Waals surface area contributed by atoms with Crippen molar-refractivity contribution in [3.05, 3.63) is 46.3 Å². The third kappa shape index (κ3) is 7.10. The monoisotopic (exact) mass is 443 g/mol. The van der Waals surface area contributed by atoms with Crippen LogP contribution < -0.4 is 10.1 Å². The van der Waals surface area contributed by atoms with E-state index in [1.807, 2.05) is 37.3 Å². The van der Waals surface area contributed by atoms with Crippen molar-refractivity contribution in [2.24, 2.45) is 0 Å². The normalized spacial score (nSPS) is 15.1. The average molecular weight is 444 g/mol. The number of benzene rings is 1. The molecule has 1 aliphatic rings. The van der Waals surface area contributed by atoms with E-state index < -0.39 is 0 Å². The van der Waals surface area contributed by atoms with E-state index in [9.17, 15) is 9.59 Å². The number of aryl methyl sites for hydroxylation is 1. The molecule has 168 valence electrons. The molecule has 0 saturated heterocycles. The van der Waals surface area contributed by atoms with Gasteiger partial charge in [-0.25, -0.2) is 4.79 Å². The Labute approximate surface area is 189 Å². The van der Waals surface area contributed by atoms with Crippen LogP contribution in [0, 0.1) is 0 Å². The second-order valence-electron chi connectivity index (χ2n) is 7.91. The maximum Gasteiger partial charge on any atom is 0.341 e. The first kappa shape index (κ1) is 23.3. The summed E-state index contributed by atoms with van der Waals surface area (Å²) in [5.41, 5.74) is 1.62. The van der Waals surface area contributed by atoms with Crippen LogP contribution in [0.5, 0.6) is 5.75 Å². The van der Waals surface area contributed by atoms with Crippen molar-refractivity contribution >= 4 is 28.2 Å². The molecule has 0 bridgehead atoms. The van der Waals surface area contributed by atoms with Crippen LogP contribution in [0.3, 0.4) is 0 Å². The summed E-state index contributed by atoms with van der Waals surface area (Å²) in [6, 6.07) is 9.24. The highest BCUT2D eigenvalue weighted by Gasteiger charge is 2.25. The zero-order chi connectivity index (χ0) is 21.9. The zero-order valence-corrected chi connectivity index (χ0v) is 19.2. The molecule has 2 aromatic rings. The molecule has 0 fully saturated rings. The van der Waals surface area contributed by atoms with Crippen molar-refractivity contribution in [1.29, 1.82) is 0 Å². The average Bonchev–Trinajstić information content (AvgIpc) is 3.10. The number of hydrogen-bond acceptors (Lipinski definition) is 5. The predicted octanol–water partition coefficient (Wildman–Crippen LogP) is 6.16. The van der Waals surface area contributed by atoms with Crippen LogP contribution in [-0.2, 0) is 22.4 Å². The standard InChI is InChI=1S/C25H33NO4S/c1-2-29-25(28)23-20-16-12-7-5-3-4-6-8-13-17-21(20)31-24(23)26-22(27)18-30-19-14-10-9-11-15-19/h9-11,14-15H,2-8,12-13,16-18H2,1H3,(H,26,27). The van der Waals surface area contributed by atoms with Gasteiger partial charge in [0.15, 0.2) is 6.61 Å². The van der Waals surface area contributed by atoms with Crippen molar-refractivity contribution in [2.75, 3.05) is 18.5 Å².